The molecular formula is C22H20N2O5. The maximum atomic E-state index is 12.1. The second kappa shape index (κ2) is 9.36. The molecule has 7 nitrogen and oxygen atoms in total. The first-order valence-electron chi connectivity index (χ1n) is 8.96. The molecule has 0 saturated heterocycles. The zero-order chi connectivity index (χ0) is 20.6. The minimum Gasteiger partial charge on any atom is -0.459 e. The van der Waals surface area contributed by atoms with Crippen LogP contribution >= 0.6 is 0 Å². The van der Waals surface area contributed by atoms with Crippen molar-refractivity contribution in [1.82, 2.24) is 5.32 Å². The number of esters is 1. The van der Waals surface area contributed by atoms with Crippen LogP contribution in [0, 0.1) is 6.92 Å². The van der Waals surface area contributed by atoms with Crippen LogP contribution in [0.25, 0.3) is 0 Å². The van der Waals surface area contributed by atoms with Gasteiger partial charge >= 0.3 is 5.97 Å². The number of furan rings is 1. The maximum absolute atomic E-state index is 12.1. The number of hydrogen-bond donors (Lipinski definition) is 2. The summed E-state index contributed by atoms with van der Waals surface area (Å²) in [4.78, 5) is 35.9. The molecule has 2 aromatic carbocycles. The quantitative estimate of drug-likeness (QED) is 0.601. The second-order valence-electron chi connectivity index (χ2n) is 6.29. The fraction of sp³-hybridized carbons (Fsp3) is 0.136. The Morgan fingerprint density at radius 3 is 2.41 bits per heavy atom. The van der Waals surface area contributed by atoms with Crippen LogP contribution in [0.15, 0.2) is 71.3 Å². The first kappa shape index (κ1) is 19.9. The van der Waals surface area contributed by atoms with Gasteiger partial charge in [-0.25, -0.2) is 4.79 Å². The summed E-state index contributed by atoms with van der Waals surface area (Å²) in [7, 11) is 0. The third-order valence-corrected chi connectivity index (χ3v) is 4.20. The molecule has 0 aliphatic heterocycles. The third kappa shape index (κ3) is 5.55. The summed E-state index contributed by atoms with van der Waals surface area (Å²) in [6.07, 6.45) is 1.41. The highest BCUT2D eigenvalue weighted by molar-refractivity contribution is 6.02. The van der Waals surface area contributed by atoms with Crippen molar-refractivity contribution in [2.75, 3.05) is 11.9 Å². The van der Waals surface area contributed by atoms with Gasteiger partial charge in [-0.3, -0.25) is 9.59 Å². The van der Waals surface area contributed by atoms with E-state index >= 15 is 0 Å². The van der Waals surface area contributed by atoms with E-state index in [2.05, 4.69) is 10.6 Å². The Balaban J connectivity index is 1.46. The average molecular weight is 392 g/mol. The highest BCUT2D eigenvalue weighted by Gasteiger charge is 2.12. The van der Waals surface area contributed by atoms with Crippen LogP contribution in [0.2, 0.25) is 0 Å². The molecule has 3 aromatic rings. The lowest BCUT2D eigenvalue weighted by Crippen LogP contribution is -2.28. The van der Waals surface area contributed by atoms with Crippen LogP contribution in [-0.2, 0) is 16.1 Å². The molecule has 2 N–H and O–H groups in total. The SMILES string of the molecule is Cc1ccccc1CNC(=O)COC(=O)c1ccc(NC(=O)c2ccco2)cc1. The van der Waals surface area contributed by atoms with Crippen molar-refractivity contribution in [1.29, 1.82) is 0 Å². The number of anilines is 1. The molecule has 2 amide bonds. The van der Waals surface area contributed by atoms with E-state index < -0.39 is 11.9 Å². The summed E-state index contributed by atoms with van der Waals surface area (Å²) >= 11 is 0. The highest BCUT2D eigenvalue weighted by Crippen LogP contribution is 2.13. The minimum absolute atomic E-state index is 0.185. The minimum atomic E-state index is -0.625. The number of benzene rings is 2. The molecule has 0 bridgehead atoms. The van der Waals surface area contributed by atoms with Gasteiger partial charge in [0.05, 0.1) is 11.8 Å². The third-order valence-electron chi connectivity index (χ3n) is 4.20. The number of rotatable bonds is 7. The van der Waals surface area contributed by atoms with E-state index in [0.29, 0.717) is 12.2 Å². The van der Waals surface area contributed by atoms with Crippen molar-refractivity contribution in [3.8, 4) is 0 Å². The van der Waals surface area contributed by atoms with Crippen molar-refractivity contribution < 1.29 is 23.5 Å². The van der Waals surface area contributed by atoms with Gasteiger partial charge in [-0.15, -0.1) is 0 Å². The van der Waals surface area contributed by atoms with Crippen molar-refractivity contribution in [3.05, 3.63) is 89.4 Å². The lowest BCUT2D eigenvalue weighted by atomic mass is 10.1. The van der Waals surface area contributed by atoms with E-state index in [1.54, 1.807) is 24.3 Å². The van der Waals surface area contributed by atoms with Gasteiger partial charge < -0.3 is 19.8 Å². The smallest absolute Gasteiger partial charge is 0.338 e. The summed E-state index contributed by atoms with van der Waals surface area (Å²) < 4.78 is 10.0. The van der Waals surface area contributed by atoms with Gasteiger partial charge in [0.1, 0.15) is 0 Å². The number of hydrogen-bond acceptors (Lipinski definition) is 5. The van der Waals surface area contributed by atoms with Crippen LogP contribution < -0.4 is 10.6 Å². The van der Waals surface area contributed by atoms with Gasteiger partial charge in [0.2, 0.25) is 0 Å². The molecule has 0 saturated carbocycles. The molecule has 1 aromatic heterocycles. The molecule has 0 aliphatic rings. The number of ether oxygens (including phenoxy) is 1. The average Bonchev–Trinajstić information content (AvgIpc) is 3.27. The first-order chi connectivity index (χ1) is 14.0. The molecule has 7 heteroatoms. The Labute approximate surface area is 167 Å². The molecule has 3 rings (SSSR count). The molecular weight excluding hydrogens is 372 g/mol. The number of amides is 2. The van der Waals surface area contributed by atoms with E-state index in [1.807, 2.05) is 31.2 Å². The van der Waals surface area contributed by atoms with E-state index in [0.717, 1.165) is 11.1 Å². The van der Waals surface area contributed by atoms with Crippen LogP contribution in [0.5, 0.6) is 0 Å². The Hall–Kier alpha value is -3.87. The number of nitrogens with one attached hydrogen (secondary N) is 2. The van der Waals surface area contributed by atoms with Crippen LogP contribution in [0.1, 0.15) is 32.0 Å². The van der Waals surface area contributed by atoms with Gasteiger partial charge in [-0.1, -0.05) is 24.3 Å². The molecule has 0 fully saturated rings. The van der Waals surface area contributed by atoms with Crippen molar-refractivity contribution in [2.45, 2.75) is 13.5 Å². The van der Waals surface area contributed by atoms with Gasteiger partial charge in [0.15, 0.2) is 12.4 Å². The Morgan fingerprint density at radius 1 is 0.966 bits per heavy atom. The zero-order valence-electron chi connectivity index (χ0n) is 15.8. The number of carbonyl (C=O) groups is 3. The summed E-state index contributed by atoms with van der Waals surface area (Å²) in [5, 5.41) is 5.37. The first-order valence-corrected chi connectivity index (χ1v) is 8.96. The van der Waals surface area contributed by atoms with E-state index in [1.165, 1.54) is 18.4 Å². The molecule has 0 radical (unpaired) electrons. The predicted octanol–water partition coefficient (Wildman–Crippen LogP) is 3.31. The standard InChI is InChI=1S/C22H20N2O5/c1-15-5-2-3-6-17(15)13-23-20(25)14-29-22(27)16-8-10-18(11-9-16)24-21(26)19-7-4-12-28-19/h2-12H,13-14H2,1H3,(H,23,25)(H,24,26). The van der Waals surface area contributed by atoms with E-state index in [9.17, 15) is 14.4 Å². The predicted molar refractivity (Wildman–Crippen MR) is 106 cm³/mol. The zero-order valence-corrected chi connectivity index (χ0v) is 15.8. The molecule has 29 heavy (non-hydrogen) atoms. The Kier molecular flexibility index (Phi) is 6.42. The summed E-state index contributed by atoms with van der Waals surface area (Å²) in [5.74, 6) is -1.22. The van der Waals surface area contributed by atoms with Crippen LogP contribution in [0.3, 0.4) is 0 Å². The highest BCUT2D eigenvalue weighted by atomic mass is 16.5. The van der Waals surface area contributed by atoms with Crippen molar-refractivity contribution >= 4 is 23.5 Å². The van der Waals surface area contributed by atoms with Gasteiger partial charge in [0, 0.05) is 12.2 Å². The molecule has 1 heterocycles. The fourth-order valence-electron chi connectivity index (χ4n) is 2.56. The van der Waals surface area contributed by atoms with E-state index in [-0.39, 0.29) is 23.8 Å². The normalized spacial score (nSPS) is 10.2. The van der Waals surface area contributed by atoms with Gasteiger partial charge in [0.25, 0.3) is 11.8 Å². The summed E-state index contributed by atoms with van der Waals surface area (Å²) in [6, 6.07) is 17.0. The largest absolute Gasteiger partial charge is 0.459 e. The van der Waals surface area contributed by atoms with Crippen LogP contribution in [-0.4, -0.2) is 24.4 Å². The number of carbonyl (C=O) groups excluding carboxylic acids is 3. The lowest BCUT2D eigenvalue weighted by molar-refractivity contribution is -0.124. The van der Waals surface area contributed by atoms with E-state index in [4.69, 9.17) is 9.15 Å². The molecule has 148 valence electrons. The Bertz CT molecular complexity index is 994. The topological polar surface area (TPSA) is 97.6 Å². The fourth-order valence-corrected chi connectivity index (χ4v) is 2.56. The summed E-state index contributed by atoms with van der Waals surface area (Å²) in [5.41, 5.74) is 2.84. The Morgan fingerprint density at radius 2 is 1.72 bits per heavy atom. The maximum Gasteiger partial charge on any atom is 0.338 e. The molecule has 0 spiro atoms. The van der Waals surface area contributed by atoms with Gasteiger partial charge in [-0.05, 0) is 54.4 Å². The number of aryl methyl sites for hydroxylation is 1. The monoisotopic (exact) mass is 392 g/mol. The van der Waals surface area contributed by atoms with Gasteiger partial charge in [-0.2, -0.15) is 0 Å². The van der Waals surface area contributed by atoms with Crippen molar-refractivity contribution in [2.24, 2.45) is 0 Å². The van der Waals surface area contributed by atoms with Crippen LogP contribution in [0.4, 0.5) is 5.69 Å². The molecule has 0 unspecified atom stereocenters. The second-order valence-corrected chi connectivity index (χ2v) is 6.29. The summed E-state index contributed by atoms with van der Waals surface area (Å²) in [6.45, 7) is 1.96. The molecule has 0 aliphatic carbocycles. The molecule has 0 atom stereocenters. The lowest BCUT2D eigenvalue weighted by Gasteiger charge is -2.09. The van der Waals surface area contributed by atoms with Crippen molar-refractivity contribution in [3.63, 3.8) is 0 Å².